The molecule has 1 aliphatic rings. The number of aliphatic hydroxyl groups excluding tert-OH is 1. The summed E-state index contributed by atoms with van der Waals surface area (Å²) in [6.45, 7) is 0.104. The minimum Gasteiger partial charge on any atom is -0.467 e. The summed E-state index contributed by atoms with van der Waals surface area (Å²) < 4.78 is 48.0. The molecule has 1 saturated carbocycles. The smallest absolute Gasteiger partial charge is 0.467 e. The highest BCUT2D eigenvalue weighted by Crippen LogP contribution is 2.35. The number of hydrogen-bond acceptors (Lipinski definition) is 6. The number of nitrogens with one attached hydrogen (secondary N) is 1. The zero-order valence-corrected chi connectivity index (χ0v) is 21.4. The predicted molar refractivity (Wildman–Crippen MR) is 136 cm³/mol. The molecule has 1 amide bonds. The van der Waals surface area contributed by atoms with Gasteiger partial charge in [0.05, 0.1) is 31.6 Å². The van der Waals surface area contributed by atoms with E-state index in [0.717, 1.165) is 49.7 Å². The lowest BCUT2D eigenvalue weighted by Crippen LogP contribution is -2.37. The van der Waals surface area contributed by atoms with E-state index in [4.69, 9.17) is 5.10 Å². The zero-order chi connectivity index (χ0) is 28.0. The number of esters is 1. The standard InChI is InChI=1S/C28H30F3N3O5/c1-38-27(37)25(35)16-32-26(36)21-9-7-18(8-10-21)17-34-24(15-23(33-34)19-5-3-2-4-6-19)20-11-13-22(14-12-20)39-28(29,30)31/h7-15,19,25,35H,2-6,16-17H2,1H3,(H,32,36)/t25-/m1/s1. The first kappa shape index (κ1) is 28.2. The summed E-state index contributed by atoms with van der Waals surface area (Å²) >= 11 is 0. The van der Waals surface area contributed by atoms with Crippen LogP contribution >= 0.6 is 0 Å². The molecule has 1 atom stereocenters. The Bertz CT molecular complexity index is 1270. The molecule has 0 saturated heterocycles. The van der Waals surface area contributed by atoms with Gasteiger partial charge >= 0.3 is 12.3 Å². The van der Waals surface area contributed by atoms with Gasteiger partial charge in [0.2, 0.25) is 0 Å². The van der Waals surface area contributed by atoms with Crippen LogP contribution in [0.3, 0.4) is 0 Å². The van der Waals surface area contributed by atoms with Crippen LogP contribution in [0.25, 0.3) is 11.3 Å². The van der Waals surface area contributed by atoms with Crippen molar-refractivity contribution in [2.75, 3.05) is 13.7 Å². The number of nitrogens with zero attached hydrogens (tertiary/aromatic N) is 2. The van der Waals surface area contributed by atoms with Crippen LogP contribution in [0, 0.1) is 0 Å². The summed E-state index contributed by atoms with van der Waals surface area (Å²) in [4.78, 5) is 23.7. The number of alkyl halides is 3. The van der Waals surface area contributed by atoms with Crippen LogP contribution < -0.4 is 10.1 Å². The highest BCUT2D eigenvalue weighted by Gasteiger charge is 2.31. The van der Waals surface area contributed by atoms with Gasteiger partial charge < -0.3 is 19.9 Å². The van der Waals surface area contributed by atoms with Crippen molar-refractivity contribution in [2.45, 2.75) is 57.0 Å². The molecule has 0 radical (unpaired) electrons. The van der Waals surface area contributed by atoms with Gasteiger partial charge in [0.15, 0.2) is 6.10 Å². The van der Waals surface area contributed by atoms with Crippen LogP contribution in [0.5, 0.6) is 5.75 Å². The number of halogens is 3. The second-order valence-corrected chi connectivity index (χ2v) is 9.47. The number of rotatable bonds is 9. The minimum atomic E-state index is -4.76. The van der Waals surface area contributed by atoms with Crippen molar-refractivity contribution in [2.24, 2.45) is 0 Å². The molecule has 1 fully saturated rings. The molecule has 8 nitrogen and oxygen atoms in total. The lowest BCUT2D eigenvalue weighted by atomic mass is 9.87. The SMILES string of the molecule is COC(=O)[C@H](O)CNC(=O)c1ccc(Cn2nc(C3CCCCC3)cc2-c2ccc(OC(F)(F)F)cc2)cc1. The number of amides is 1. The maximum absolute atomic E-state index is 12.6. The van der Waals surface area contributed by atoms with Crippen LogP contribution in [0.15, 0.2) is 54.6 Å². The molecule has 0 spiro atoms. The van der Waals surface area contributed by atoms with E-state index in [1.807, 2.05) is 10.7 Å². The Morgan fingerprint density at radius 1 is 1.08 bits per heavy atom. The van der Waals surface area contributed by atoms with E-state index in [9.17, 15) is 27.9 Å². The Hall–Kier alpha value is -3.86. The largest absolute Gasteiger partial charge is 0.573 e. The van der Waals surface area contributed by atoms with Gasteiger partial charge in [-0.3, -0.25) is 9.48 Å². The molecule has 1 heterocycles. The van der Waals surface area contributed by atoms with Gasteiger partial charge in [-0.05, 0) is 60.9 Å². The van der Waals surface area contributed by atoms with Crippen LogP contribution in [0.4, 0.5) is 13.2 Å². The summed E-state index contributed by atoms with van der Waals surface area (Å²) in [6.07, 6.45) is -0.656. The fraction of sp³-hybridized carbons (Fsp3) is 0.393. The van der Waals surface area contributed by atoms with Crippen molar-refractivity contribution in [1.29, 1.82) is 0 Å². The molecule has 208 valence electrons. The van der Waals surface area contributed by atoms with E-state index < -0.39 is 24.3 Å². The van der Waals surface area contributed by atoms with Crippen molar-refractivity contribution < 1.29 is 37.3 Å². The minimum absolute atomic E-state index is 0.277. The van der Waals surface area contributed by atoms with E-state index in [2.05, 4.69) is 14.8 Å². The number of aliphatic hydroxyl groups is 1. The Morgan fingerprint density at radius 2 is 1.74 bits per heavy atom. The van der Waals surface area contributed by atoms with Crippen molar-refractivity contribution in [1.82, 2.24) is 15.1 Å². The van der Waals surface area contributed by atoms with Crippen molar-refractivity contribution in [3.05, 3.63) is 71.4 Å². The van der Waals surface area contributed by atoms with Gasteiger partial charge in [-0.15, -0.1) is 13.2 Å². The lowest BCUT2D eigenvalue weighted by molar-refractivity contribution is -0.274. The van der Waals surface area contributed by atoms with Crippen LogP contribution in [0.1, 0.15) is 59.6 Å². The number of hydrogen-bond donors (Lipinski definition) is 2. The van der Waals surface area contributed by atoms with Crippen LogP contribution in [-0.4, -0.2) is 52.9 Å². The Labute approximate surface area is 223 Å². The molecule has 0 bridgehead atoms. The molecule has 11 heteroatoms. The van der Waals surface area contributed by atoms with Crippen LogP contribution in [-0.2, 0) is 16.1 Å². The lowest BCUT2D eigenvalue weighted by Gasteiger charge is -2.19. The molecule has 4 rings (SSSR count). The first-order chi connectivity index (χ1) is 18.6. The van der Waals surface area contributed by atoms with E-state index in [0.29, 0.717) is 23.6 Å². The topological polar surface area (TPSA) is 103 Å². The molecule has 3 aromatic rings. The van der Waals surface area contributed by atoms with Gasteiger partial charge in [-0.25, -0.2) is 4.79 Å². The third-order valence-corrected chi connectivity index (χ3v) is 6.68. The Morgan fingerprint density at radius 3 is 2.36 bits per heavy atom. The van der Waals surface area contributed by atoms with Crippen molar-refractivity contribution in [3.63, 3.8) is 0 Å². The summed E-state index contributed by atoms with van der Waals surface area (Å²) in [5.74, 6) is -1.25. The van der Waals surface area contributed by atoms with Gasteiger partial charge in [0, 0.05) is 17.0 Å². The quantitative estimate of drug-likeness (QED) is 0.374. The summed E-state index contributed by atoms with van der Waals surface area (Å²) in [5, 5.41) is 17.0. The molecule has 1 aliphatic carbocycles. The predicted octanol–water partition coefficient (Wildman–Crippen LogP) is 4.81. The number of methoxy groups -OCH3 is 1. The Balaban J connectivity index is 1.52. The number of carbonyl (C=O) groups excluding carboxylic acids is 2. The first-order valence-corrected chi connectivity index (χ1v) is 12.7. The maximum atomic E-state index is 12.6. The van der Waals surface area contributed by atoms with E-state index in [1.54, 1.807) is 36.4 Å². The summed E-state index contributed by atoms with van der Waals surface area (Å²) in [6, 6.07) is 14.5. The fourth-order valence-electron chi connectivity index (χ4n) is 4.66. The van der Waals surface area contributed by atoms with E-state index >= 15 is 0 Å². The number of benzene rings is 2. The molecular weight excluding hydrogens is 515 g/mol. The molecule has 2 N–H and O–H groups in total. The highest BCUT2D eigenvalue weighted by molar-refractivity contribution is 5.94. The van der Waals surface area contributed by atoms with Gasteiger partial charge in [-0.2, -0.15) is 5.10 Å². The van der Waals surface area contributed by atoms with Crippen molar-refractivity contribution >= 4 is 11.9 Å². The third-order valence-electron chi connectivity index (χ3n) is 6.68. The average Bonchev–Trinajstić information content (AvgIpc) is 3.35. The molecule has 39 heavy (non-hydrogen) atoms. The molecular formula is C28H30F3N3O5. The van der Waals surface area contributed by atoms with Gasteiger partial charge in [0.1, 0.15) is 5.75 Å². The van der Waals surface area contributed by atoms with E-state index in [-0.39, 0.29) is 12.3 Å². The summed E-state index contributed by atoms with van der Waals surface area (Å²) in [5.41, 5.74) is 3.64. The van der Waals surface area contributed by atoms with Crippen molar-refractivity contribution in [3.8, 4) is 17.0 Å². The maximum Gasteiger partial charge on any atom is 0.573 e. The van der Waals surface area contributed by atoms with Crippen LogP contribution in [0.2, 0.25) is 0 Å². The van der Waals surface area contributed by atoms with Gasteiger partial charge in [-0.1, -0.05) is 31.4 Å². The summed E-state index contributed by atoms with van der Waals surface area (Å²) in [7, 11) is 1.15. The third kappa shape index (κ3) is 7.60. The normalized spacial score (nSPS) is 15.0. The zero-order valence-electron chi connectivity index (χ0n) is 21.4. The molecule has 1 aromatic heterocycles. The molecule has 2 aromatic carbocycles. The Kier molecular flexibility index (Phi) is 8.90. The molecule has 0 aliphatic heterocycles. The first-order valence-electron chi connectivity index (χ1n) is 12.7. The second kappa shape index (κ2) is 12.3. The molecule has 0 unspecified atom stereocenters. The average molecular weight is 546 g/mol. The van der Waals surface area contributed by atoms with Gasteiger partial charge in [0.25, 0.3) is 5.91 Å². The highest BCUT2D eigenvalue weighted by atomic mass is 19.4. The van der Waals surface area contributed by atoms with E-state index in [1.165, 1.54) is 18.6 Å². The monoisotopic (exact) mass is 545 g/mol. The number of ether oxygens (including phenoxy) is 2. The number of carbonyl (C=O) groups is 2. The fourth-order valence-corrected chi connectivity index (χ4v) is 4.66. The number of aromatic nitrogens is 2. The second-order valence-electron chi connectivity index (χ2n) is 9.47.